The molecular weight excluding hydrogens is 294 g/mol. The number of nitrogens with zero attached hydrogens (tertiary/aromatic N) is 1. The van der Waals surface area contributed by atoms with Crippen LogP contribution in [0.5, 0.6) is 5.75 Å². The second-order valence-corrected chi connectivity index (χ2v) is 5.62. The van der Waals surface area contributed by atoms with Crippen molar-refractivity contribution in [2.24, 2.45) is 4.99 Å². The van der Waals surface area contributed by atoms with E-state index >= 15 is 0 Å². The lowest BCUT2D eigenvalue weighted by Crippen LogP contribution is -2.11. The summed E-state index contributed by atoms with van der Waals surface area (Å²) in [5, 5.41) is 0. The Hall–Kier alpha value is -1.12. The number of isocyanates is 1. The topological polar surface area (TPSA) is 38.7 Å². The Morgan fingerprint density at radius 1 is 1.22 bits per heavy atom. The molecule has 0 radical (unpaired) electrons. The first-order chi connectivity index (χ1) is 8.48. The Morgan fingerprint density at radius 2 is 1.83 bits per heavy atom. The zero-order chi connectivity index (χ0) is 13.5. The quantitative estimate of drug-likeness (QED) is 0.630. The fraction of sp³-hybridized carbons (Fsp3) is 0.500. The van der Waals surface area contributed by atoms with Gasteiger partial charge in [0.15, 0.2) is 0 Å². The Kier molecular flexibility index (Phi) is 3.35. The van der Waals surface area contributed by atoms with Crippen molar-refractivity contribution in [3.63, 3.8) is 0 Å². The highest BCUT2D eigenvalue weighted by atomic mass is 79.9. The van der Waals surface area contributed by atoms with Crippen LogP contribution in [0.4, 0.5) is 0 Å². The highest BCUT2D eigenvalue weighted by Crippen LogP contribution is 2.55. The van der Waals surface area contributed by atoms with Gasteiger partial charge in [0.2, 0.25) is 6.08 Å². The van der Waals surface area contributed by atoms with Gasteiger partial charge in [-0.05, 0) is 50.3 Å². The molecule has 1 aromatic carbocycles. The molecule has 0 saturated heterocycles. The molecule has 0 heterocycles. The van der Waals surface area contributed by atoms with Crippen molar-refractivity contribution in [1.29, 1.82) is 0 Å². The number of hydrogen-bond donors (Lipinski definition) is 0. The molecule has 4 heteroatoms. The van der Waals surface area contributed by atoms with E-state index in [0.717, 1.165) is 39.8 Å². The predicted octanol–water partition coefficient (Wildman–Crippen LogP) is 3.71. The first-order valence-electron chi connectivity index (χ1n) is 5.91. The monoisotopic (exact) mass is 309 g/mol. The van der Waals surface area contributed by atoms with Crippen molar-refractivity contribution in [1.82, 2.24) is 0 Å². The van der Waals surface area contributed by atoms with Crippen LogP contribution in [0.1, 0.15) is 35.1 Å². The van der Waals surface area contributed by atoms with Gasteiger partial charge in [-0.25, -0.2) is 4.79 Å². The second-order valence-electron chi connectivity index (χ2n) is 4.83. The average Bonchev–Trinajstić information content (AvgIpc) is 3.11. The van der Waals surface area contributed by atoms with Crippen LogP contribution in [0.2, 0.25) is 0 Å². The van der Waals surface area contributed by atoms with Crippen LogP contribution in [0, 0.1) is 20.8 Å². The number of methoxy groups -OCH3 is 1. The normalized spacial score (nSPS) is 16.1. The Bertz CT molecular complexity index is 556. The van der Waals surface area contributed by atoms with E-state index in [9.17, 15) is 4.79 Å². The van der Waals surface area contributed by atoms with Crippen molar-refractivity contribution in [2.75, 3.05) is 7.11 Å². The van der Waals surface area contributed by atoms with E-state index < -0.39 is 5.54 Å². The summed E-state index contributed by atoms with van der Waals surface area (Å²) in [6.45, 7) is 6.12. The van der Waals surface area contributed by atoms with E-state index in [1.54, 1.807) is 13.2 Å². The molecule has 1 saturated carbocycles. The molecule has 0 unspecified atom stereocenters. The van der Waals surface area contributed by atoms with Gasteiger partial charge in [0.1, 0.15) is 11.3 Å². The molecule has 1 fully saturated rings. The first kappa shape index (κ1) is 13.3. The standard InChI is InChI=1S/C14H16BrNO2/c1-8-9(2)13(18-4)11(10(3)12(8)15)14(5-6-14)16-7-17/h5-6H2,1-4H3. The Morgan fingerprint density at radius 3 is 2.28 bits per heavy atom. The molecule has 3 nitrogen and oxygen atoms in total. The van der Waals surface area contributed by atoms with E-state index in [4.69, 9.17) is 4.74 Å². The highest BCUT2D eigenvalue weighted by Gasteiger charge is 2.48. The second kappa shape index (κ2) is 4.52. The van der Waals surface area contributed by atoms with Crippen molar-refractivity contribution >= 4 is 22.0 Å². The van der Waals surface area contributed by atoms with E-state index in [2.05, 4.69) is 27.8 Å². The van der Waals surface area contributed by atoms with Crippen LogP contribution in [0.3, 0.4) is 0 Å². The minimum absolute atomic E-state index is 0.405. The Balaban J connectivity index is 2.78. The van der Waals surface area contributed by atoms with Gasteiger partial charge in [0, 0.05) is 10.0 Å². The molecule has 0 spiro atoms. The molecule has 96 valence electrons. The molecular formula is C14H16BrNO2. The maximum Gasteiger partial charge on any atom is 0.235 e. The highest BCUT2D eigenvalue weighted by molar-refractivity contribution is 9.10. The van der Waals surface area contributed by atoms with Crippen LogP contribution in [-0.4, -0.2) is 13.2 Å². The number of hydrogen-bond acceptors (Lipinski definition) is 3. The zero-order valence-corrected chi connectivity index (χ0v) is 12.6. The molecule has 0 amide bonds. The van der Waals surface area contributed by atoms with E-state index in [0.29, 0.717) is 0 Å². The van der Waals surface area contributed by atoms with Crippen molar-refractivity contribution in [3.8, 4) is 5.75 Å². The summed E-state index contributed by atoms with van der Waals surface area (Å²) in [6.07, 6.45) is 3.47. The third kappa shape index (κ3) is 1.80. The lowest BCUT2D eigenvalue weighted by molar-refractivity contribution is 0.400. The van der Waals surface area contributed by atoms with Gasteiger partial charge in [-0.15, -0.1) is 0 Å². The van der Waals surface area contributed by atoms with Gasteiger partial charge >= 0.3 is 0 Å². The van der Waals surface area contributed by atoms with Crippen molar-refractivity contribution in [3.05, 3.63) is 26.7 Å². The van der Waals surface area contributed by atoms with Crippen LogP contribution in [-0.2, 0) is 10.3 Å². The fourth-order valence-electron chi connectivity index (χ4n) is 2.52. The molecule has 2 rings (SSSR count). The van der Waals surface area contributed by atoms with Crippen molar-refractivity contribution in [2.45, 2.75) is 39.2 Å². The molecule has 0 N–H and O–H groups in total. The maximum absolute atomic E-state index is 10.6. The number of ether oxygens (including phenoxy) is 1. The van der Waals surface area contributed by atoms with Crippen LogP contribution in [0.25, 0.3) is 0 Å². The molecule has 0 aliphatic heterocycles. The summed E-state index contributed by atoms with van der Waals surface area (Å²) < 4.78 is 6.63. The van der Waals surface area contributed by atoms with E-state index in [-0.39, 0.29) is 0 Å². The Labute approximate surface area is 115 Å². The van der Waals surface area contributed by atoms with E-state index in [1.807, 2.05) is 13.8 Å². The predicted molar refractivity (Wildman–Crippen MR) is 73.9 cm³/mol. The summed E-state index contributed by atoms with van der Waals surface area (Å²) >= 11 is 3.62. The maximum atomic E-state index is 10.6. The van der Waals surface area contributed by atoms with Gasteiger partial charge in [0.25, 0.3) is 0 Å². The summed E-state index contributed by atoms with van der Waals surface area (Å²) in [5.74, 6) is 0.852. The summed E-state index contributed by atoms with van der Waals surface area (Å²) in [4.78, 5) is 14.7. The van der Waals surface area contributed by atoms with Gasteiger partial charge in [-0.1, -0.05) is 15.9 Å². The SMILES string of the molecule is COc1c(C)c(C)c(Br)c(C)c1C1(N=C=O)CC1. The van der Waals surface area contributed by atoms with Crippen LogP contribution in [0.15, 0.2) is 9.47 Å². The number of halogens is 1. The molecule has 1 aliphatic rings. The molecule has 0 bridgehead atoms. The summed E-state index contributed by atoms with van der Waals surface area (Å²) in [7, 11) is 1.67. The summed E-state index contributed by atoms with van der Waals surface area (Å²) in [5.41, 5.74) is 3.99. The molecule has 0 aromatic heterocycles. The smallest absolute Gasteiger partial charge is 0.235 e. The minimum Gasteiger partial charge on any atom is -0.496 e. The molecule has 18 heavy (non-hydrogen) atoms. The number of carbonyl (C=O) groups excluding carboxylic acids is 1. The third-order valence-electron chi connectivity index (χ3n) is 3.82. The van der Waals surface area contributed by atoms with Gasteiger partial charge in [0.05, 0.1) is 7.11 Å². The van der Waals surface area contributed by atoms with Gasteiger partial charge in [-0.2, -0.15) is 4.99 Å². The molecule has 1 aromatic rings. The van der Waals surface area contributed by atoms with Crippen LogP contribution < -0.4 is 4.74 Å². The summed E-state index contributed by atoms with van der Waals surface area (Å²) in [6, 6.07) is 0. The lowest BCUT2D eigenvalue weighted by atomic mass is 9.93. The minimum atomic E-state index is -0.405. The van der Waals surface area contributed by atoms with Gasteiger partial charge < -0.3 is 4.74 Å². The molecule has 0 atom stereocenters. The van der Waals surface area contributed by atoms with Crippen LogP contribution >= 0.6 is 15.9 Å². The van der Waals surface area contributed by atoms with E-state index in [1.165, 1.54) is 5.56 Å². The third-order valence-corrected chi connectivity index (χ3v) is 5.01. The molecule has 1 aliphatic carbocycles. The number of aliphatic imine (C=N–C) groups is 1. The van der Waals surface area contributed by atoms with Gasteiger partial charge in [-0.3, -0.25) is 0 Å². The average molecular weight is 310 g/mol. The van der Waals surface area contributed by atoms with Crippen molar-refractivity contribution < 1.29 is 9.53 Å². The zero-order valence-electron chi connectivity index (χ0n) is 11.1. The number of rotatable bonds is 3. The number of benzene rings is 1. The lowest BCUT2D eigenvalue weighted by Gasteiger charge is -2.22. The largest absolute Gasteiger partial charge is 0.496 e. The fourth-order valence-corrected chi connectivity index (χ4v) is 3.02. The first-order valence-corrected chi connectivity index (χ1v) is 6.70.